The molecule has 1 aromatic carbocycles. The predicted octanol–water partition coefficient (Wildman–Crippen LogP) is 2.69. The Morgan fingerprint density at radius 2 is 2.13 bits per heavy atom. The molecule has 2 heteroatoms. The minimum atomic E-state index is 0.123. The van der Waals surface area contributed by atoms with Gasteiger partial charge in [-0.2, -0.15) is 0 Å². The Morgan fingerprint density at radius 3 is 2.80 bits per heavy atom. The molecule has 2 nitrogen and oxygen atoms in total. The van der Waals surface area contributed by atoms with Gasteiger partial charge in [0.2, 0.25) is 0 Å². The highest BCUT2D eigenvalue weighted by Crippen LogP contribution is 2.24. The monoisotopic (exact) mass is 202 g/mol. The lowest BCUT2D eigenvalue weighted by Gasteiger charge is -2.15. The fourth-order valence-electron chi connectivity index (χ4n) is 1.84. The van der Waals surface area contributed by atoms with Crippen LogP contribution < -0.4 is 0 Å². The zero-order chi connectivity index (χ0) is 10.7. The number of benzene rings is 1. The van der Waals surface area contributed by atoms with Crippen LogP contribution in [0.2, 0.25) is 0 Å². The molecule has 0 atom stereocenters. The summed E-state index contributed by atoms with van der Waals surface area (Å²) in [5, 5.41) is 0. The second kappa shape index (κ2) is 4.41. The van der Waals surface area contributed by atoms with E-state index in [1.54, 1.807) is 6.92 Å². The van der Waals surface area contributed by atoms with Crippen molar-refractivity contribution in [2.45, 2.75) is 13.3 Å². The van der Waals surface area contributed by atoms with Crippen LogP contribution in [0.1, 0.15) is 29.3 Å². The van der Waals surface area contributed by atoms with Crippen LogP contribution in [0, 0.1) is 0 Å². The van der Waals surface area contributed by atoms with E-state index in [0.29, 0.717) is 6.61 Å². The van der Waals surface area contributed by atoms with Gasteiger partial charge in [-0.05, 0) is 24.5 Å². The van der Waals surface area contributed by atoms with Crippen molar-refractivity contribution in [2.75, 3.05) is 13.2 Å². The molecule has 0 fully saturated rings. The summed E-state index contributed by atoms with van der Waals surface area (Å²) in [6.45, 7) is 3.01. The van der Waals surface area contributed by atoms with Crippen LogP contribution in [0.3, 0.4) is 0 Å². The maximum absolute atomic E-state index is 11.5. The van der Waals surface area contributed by atoms with Crippen molar-refractivity contribution in [3.05, 3.63) is 41.5 Å². The van der Waals surface area contributed by atoms with Crippen LogP contribution in [-0.4, -0.2) is 19.0 Å². The largest absolute Gasteiger partial charge is 0.377 e. The zero-order valence-corrected chi connectivity index (χ0v) is 8.82. The first-order valence-electron chi connectivity index (χ1n) is 5.16. The average molecular weight is 202 g/mol. The Bertz CT molecular complexity index is 405. The smallest absolute Gasteiger partial charge is 0.160 e. The van der Waals surface area contributed by atoms with Crippen LogP contribution >= 0.6 is 0 Å². The van der Waals surface area contributed by atoms with E-state index in [0.717, 1.165) is 24.2 Å². The van der Waals surface area contributed by atoms with Crippen molar-refractivity contribution < 1.29 is 9.53 Å². The van der Waals surface area contributed by atoms with E-state index in [9.17, 15) is 4.79 Å². The lowest BCUT2D eigenvalue weighted by atomic mass is 9.95. The molecular formula is C13H14O2. The number of hydrogen-bond donors (Lipinski definition) is 0. The number of rotatable bonds is 2. The molecule has 1 heterocycles. The first-order chi connectivity index (χ1) is 7.29. The standard InChI is InChI=1S/C13H14O2/c1-10(14)12-4-2-3-5-13(12)11-6-8-15-9-7-11/h2-6H,7-9H2,1H3. The van der Waals surface area contributed by atoms with Crippen LogP contribution in [0.4, 0.5) is 0 Å². The van der Waals surface area contributed by atoms with E-state index in [-0.39, 0.29) is 5.78 Å². The third kappa shape index (κ3) is 2.16. The maximum Gasteiger partial charge on any atom is 0.160 e. The Morgan fingerprint density at radius 1 is 1.33 bits per heavy atom. The molecule has 0 N–H and O–H groups in total. The number of carbonyl (C=O) groups excluding carboxylic acids is 1. The number of Topliss-reactive ketones (excluding diaryl/α,β-unsaturated/α-hetero) is 1. The molecule has 1 aliphatic heterocycles. The summed E-state index contributed by atoms with van der Waals surface area (Å²) in [5.41, 5.74) is 3.10. The summed E-state index contributed by atoms with van der Waals surface area (Å²) in [6.07, 6.45) is 2.95. The highest BCUT2D eigenvalue weighted by Gasteiger charge is 2.12. The molecule has 78 valence electrons. The predicted molar refractivity (Wildman–Crippen MR) is 59.9 cm³/mol. The summed E-state index contributed by atoms with van der Waals surface area (Å²) in [5.74, 6) is 0.123. The lowest BCUT2D eigenvalue weighted by Crippen LogP contribution is -2.06. The van der Waals surface area contributed by atoms with Gasteiger partial charge in [0.05, 0.1) is 13.2 Å². The topological polar surface area (TPSA) is 26.3 Å². The molecule has 0 saturated heterocycles. The van der Waals surface area contributed by atoms with E-state index in [1.165, 1.54) is 5.57 Å². The van der Waals surface area contributed by atoms with Crippen LogP contribution in [0.25, 0.3) is 5.57 Å². The second-order valence-corrected chi connectivity index (χ2v) is 3.66. The van der Waals surface area contributed by atoms with Gasteiger partial charge < -0.3 is 4.74 Å². The number of ether oxygens (including phenoxy) is 1. The third-order valence-electron chi connectivity index (χ3n) is 2.62. The van der Waals surface area contributed by atoms with Crippen molar-refractivity contribution in [1.82, 2.24) is 0 Å². The Balaban J connectivity index is 2.42. The van der Waals surface area contributed by atoms with Gasteiger partial charge in [0, 0.05) is 5.56 Å². The molecular weight excluding hydrogens is 188 g/mol. The molecule has 1 aliphatic rings. The summed E-state index contributed by atoms with van der Waals surface area (Å²) >= 11 is 0. The molecule has 1 aromatic rings. The quantitative estimate of drug-likeness (QED) is 0.689. The van der Waals surface area contributed by atoms with Crippen molar-refractivity contribution in [3.8, 4) is 0 Å². The first-order valence-corrected chi connectivity index (χ1v) is 5.16. The maximum atomic E-state index is 11.5. The van der Waals surface area contributed by atoms with Gasteiger partial charge in [-0.1, -0.05) is 30.3 Å². The number of ketones is 1. The van der Waals surface area contributed by atoms with Gasteiger partial charge in [-0.15, -0.1) is 0 Å². The lowest BCUT2D eigenvalue weighted by molar-refractivity contribution is 0.101. The molecule has 0 amide bonds. The first kappa shape index (κ1) is 10.1. The van der Waals surface area contributed by atoms with E-state index in [4.69, 9.17) is 4.74 Å². The molecule has 0 radical (unpaired) electrons. The summed E-state index contributed by atoms with van der Waals surface area (Å²) in [7, 11) is 0. The molecule has 0 spiro atoms. The van der Waals surface area contributed by atoms with Crippen LogP contribution in [0.15, 0.2) is 30.3 Å². The van der Waals surface area contributed by atoms with Gasteiger partial charge in [-0.3, -0.25) is 4.79 Å². The molecule has 0 saturated carbocycles. The normalized spacial score (nSPS) is 15.9. The molecule has 0 unspecified atom stereocenters. The molecule has 0 aliphatic carbocycles. The van der Waals surface area contributed by atoms with Crippen LogP contribution in [-0.2, 0) is 4.74 Å². The minimum absolute atomic E-state index is 0.123. The fourth-order valence-corrected chi connectivity index (χ4v) is 1.84. The highest BCUT2D eigenvalue weighted by atomic mass is 16.5. The zero-order valence-electron chi connectivity index (χ0n) is 8.82. The second-order valence-electron chi connectivity index (χ2n) is 3.66. The SMILES string of the molecule is CC(=O)c1ccccc1C1=CCOCC1. The summed E-state index contributed by atoms with van der Waals surface area (Å²) in [6, 6.07) is 7.76. The summed E-state index contributed by atoms with van der Waals surface area (Å²) in [4.78, 5) is 11.5. The van der Waals surface area contributed by atoms with E-state index in [1.807, 2.05) is 24.3 Å². The van der Waals surface area contributed by atoms with Gasteiger partial charge >= 0.3 is 0 Å². The Hall–Kier alpha value is -1.41. The van der Waals surface area contributed by atoms with Gasteiger partial charge in [-0.25, -0.2) is 0 Å². The molecule has 15 heavy (non-hydrogen) atoms. The average Bonchev–Trinajstić information content (AvgIpc) is 2.30. The van der Waals surface area contributed by atoms with Crippen molar-refractivity contribution in [3.63, 3.8) is 0 Å². The molecule has 0 bridgehead atoms. The van der Waals surface area contributed by atoms with Crippen molar-refractivity contribution in [1.29, 1.82) is 0 Å². The van der Waals surface area contributed by atoms with Gasteiger partial charge in [0.1, 0.15) is 0 Å². The van der Waals surface area contributed by atoms with E-state index >= 15 is 0 Å². The van der Waals surface area contributed by atoms with Gasteiger partial charge in [0.15, 0.2) is 5.78 Å². The van der Waals surface area contributed by atoms with Gasteiger partial charge in [0.25, 0.3) is 0 Å². The van der Waals surface area contributed by atoms with Crippen LogP contribution in [0.5, 0.6) is 0 Å². The Kier molecular flexibility index (Phi) is 2.97. The van der Waals surface area contributed by atoms with E-state index < -0.39 is 0 Å². The number of hydrogen-bond acceptors (Lipinski definition) is 2. The number of carbonyl (C=O) groups is 1. The third-order valence-corrected chi connectivity index (χ3v) is 2.62. The summed E-state index contributed by atoms with van der Waals surface area (Å²) < 4.78 is 5.26. The highest BCUT2D eigenvalue weighted by molar-refractivity contribution is 5.99. The minimum Gasteiger partial charge on any atom is -0.377 e. The Labute approximate surface area is 89.6 Å². The van der Waals surface area contributed by atoms with Crippen molar-refractivity contribution in [2.24, 2.45) is 0 Å². The fraction of sp³-hybridized carbons (Fsp3) is 0.308. The molecule has 0 aromatic heterocycles. The van der Waals surface area contributed by atoms with E-state index in [2.05, 4.69) is 6.08 Å². The molecule has 2 rings (SSSR count). The van der Waals surface area contributed by atoms with Crippen molar-refractivity contribution >= 4 is 11.4 Å².